The summed E-state index contributed by atoms with van der Waals surface area (Å²) in [7, 11) is 0. The minimum Gasteiger partial charge on any atom is -0.475 e. The average molecular weight is 196 g/mol. The lowest BCUT2D eigenvalue weighted by molar-refractivity contribution is 0.0663. The molecule has 0 bridgehead atoms. The molecule has 0 spiro atoms. The van der Waals surface area contributed by atoms with Crippen molar-refractivity contribution in [3.8, 4) is 0 Å². The molecular formula is C9H12N2O3. The van der Waals surface area contributed by atoms with E-state index in [-0.39, 0.29) is 11.9 Å². The van der Waals surface area contributed by atoms with E-state index in [1.807, 2.05) is 0 Å². The Hall–Kier alpha value is -1.36. The SMILES string of the molecule is O=C(O)c1nccn1CC1CCCO1. The lowest BCUT2D eigenvalue weighted by atomic mass is 10.2. The summed E-state index contributed by atoms with van der Waals surface area (Å²) >= 11 is 0. The van der Waals surface area contributed by atoms with Crippen LogP contribution in [0.3, 0.4) is 0 Å². The van der Waals surface area contributed by atoms with E-state index < -0.39 is 5.97 Å². The van der Waals surface area contributed by atoms with Crippen LogP contribution in [0, 0.1) is 0 Å². The van der Waals surface area contributed by atoms with E-state index in [0.717, 1.165) is 19.4 Å². The third-order valence-electron chi connectivity index (χ3n) is 2.33. The number of carboxylic acid groups (broad SMARTS) is 1. The zero-order valence-electron chi connectivity index (χ0n) is 7.72. The minimum absolute atomic E-state index is 0.0838. The first-order valence-corrected chi connectivity index (χ1v) is 4.63. The molecule has 5 nitrogen and oxygen atoms in total. The normalized spacial score (nSPS) is 21.3. The van der Waals surface area contributed by atoms with Crippen molar-refractivity contribution in [2.24, 2.45) is 0 Å². The molecular weight excluding hydrogens is 184 g/mol. The van der Waals surface area contributed by atoms with Gasteiger partial charge >= 0.3 is 5.97 Å². The Kier molecular flexibility index (Phi) is 2.49. The fourth-order valence-electron chi connectivity index (χ4n) is 1.66. The van der Waals surface area contributed by atoms with E-state index in [9.17, 15) is 4.79 Å². The van der Waals surface area contributed by atoms with Crippen molar-refractivity contribution in [2.45, 2.75) is 25.5 Å². The van der Waals surface area contributed by atoms with E-state index in [1.165, 1.54) is 6.20 Å². The molecule has 76 valence electrons. The van der Waals surface area contributed by atoms with Crippen molar-refractivity contribution in [1.29, 1.82) is 0 Å². The Morgan fingerprint density at radius 3 is 3.29 bits per heavy atom. The third kappa shape index (κ3) is 1.77. The second kappa shape index (κ2) is 3.79. The molecule has 1 aliphatic heterocycles. The lowest BCUT2D eigenvalue weighted by Gasteiger charge is -2.10. The predicted molar refractivity (Wildman–Crippen MR) is 48.2 cm³/mol. The number of nitrogens with zero attached hydrogens (tertiary/aromatic N) is 2. The summed E-state index contributed by atoms with van der Waals surface area (Å²) in [6.07, 6.45) is 5.37. The highest BCUT2D eigenvalue weighted by Gasteiger charge is 2.19. The van der Waals surface area contributed by atoms with Crippen molar-refractivity contribution in [1.82, 2.24) is 9.55 Å². The molecule has 5 heteroatoms. The van der Waals surface area contributed by atoms with Gasteiger partial charge in [0.15, 0.2) is 0 Å². The second-order valence-corrected chi connectivity index (χ2v) is 3.34. The highest BCUT2D eigenvalue weighted by atomic mass is 16.5. The minimum atomic E-state index is -0.993. The van der Waals surface area contributed by atoms with Crippen LogP contribution in [0.2, 0.25) is 0 Å². The number of imidazole rings is 1. The molecule has 0 radical (unpaired) electrons. The first-order chi connectivity index (χ1) is 6.77. The summed E-state index contributed by atoms with van der Waals surface area (Å²) in [6.45, 7) is 1.36. The van der Waals surface area contributed by atoms with E-state index in [2.05, 4.69) is 4.98 Å². The molecule has 1 fully saturated rings. The molecule has 0 amide bonds. The summed E-state index contributed by atoms with van der Waals surface area (Å²) in [6, 6.07) is 0. The summed E-state index contributed by atoms with van der Waals surface area (Å²) in [5.74, 6) is -0.909. The number of carbonyl (C=O) groups is 1. The Balaban J connectivity index is 2.07. The van der Waals surface area contributed by atoms with Gasteiger partial charge in [-0.3, -0.25) is 0 Å². The van der Waals surface area contributed by atoms with Crippen molar-refractivity contribution in [2.75, 3.05) is 6.61 Å². The van der Waals surface area contributed by atoms with Gasteiger partial charge < -0.3 is 14.4 Å². The number of aromatic nitrogens is 2. The fourth-order valence-corrected chi connectivity index (χ4v) is 1.66. The number of rotatable bonds is 3. The van der Waals surface area contributed by atoms with E-state index in [0.29, 0.717) is 6.54 Å². The number of hydrogen-bond acceptors (Lipinski definition) is 3. The van der Waals surface area contributed by atoms with Gasteiger partial charge in [-0.15, -0.1) is 0 Å². The molecule has 14 heavy (non-hydrogen) atoms. The van der Waals surface area contributed by atoms with Crippen LogP contribution in [-0.2, 0) is 11.3 Å². The van der Waals surface area contributed by atoms with Gasteiger partial charge in [-0.05, 0) is 12.8 Å². The molecule has 2 heterocycles. The standard InChI is InChI=1S/C9H12N2O3/c12-9(13)8-10-3-4-11(8)6-7-2-1-5-14-7/h3-4,7H,1-2,5-6H2,(H,12,13). The highest BCUT2D eigenvalue weighted by Crippen LogP contribution is 2.14. The maximum atomic E-state index is 10.7. The molecule has 1 aromatic heterocycles. The molecule has 0 aliphatic carbocycles. The first kappa shape index (κ1) is 9.21. The maximum Gasteiger partial charge on any atom is 0.372 e. The second-order valence-electron chi connectivity index (χ2n) is 3.34. The highest BCUT2D eigenvalue weighted by molar-refractivity contribution is 5.83. The van der Waals surface area contributed by atoms with Crippen molar-refractivity contribution in [3.05, 3.63) is 18.2 Å². The molecule has 2 rings (SSSR count). The number of ether oxygens (including phenoxy) is 1. The van der Waals surface area contributed by atoms with Gasteiger partial charge in [0.25, 0.3) is 0 Å². The Morgan fingerprint density at radius 2 is 2.64 bits per heavy atom. The van der Waals surface area contributed by atoms with Crippen LogP contribution in [0.1, 0.15) is 23.5 Å². The van der Waals surface area contributed by atoms with Crippen LogP contribution in [-0.4, -0.2) is 33.3 Å². The summed E-state index contributed by atoms with van der Waals surface area (Å²) in [5, 5.41) is 8.80. The van der Waals surface area contributed by atoms with Gasteiger partial charge in [0.2, 0.25) is 5.82 Å². The van der Waals surface area contributed by atoms with Gasteiger partial charge in [0.05, 0.1) is 12.6 Å². The topological polar surface area (TPSA) is 64.3 Å². The Labute approximate surface area is 81.3 Å². The summed E-state index contributed by atoms with van der Waals surface area (Å²) in [5.41, 5.74) is 0. The molecule has 0 saturated carbocycles. The Bertz CT molecular complexity index is 329. The number of aromatic carboxylic acids is 1. The van der Waals surface area contributed by atoms with E-state index >= 15 is 0 Å². The molecule has 1 N–H and O–H groups in total. The lowest BCUT2D eigenvalue weighted by Crippen LogP contribution is -2.18. The van der Waals surface area contributed by atoms with Crippen molar-refractivity contribution < 1.29 is 14.6 Å². The van der Waals surface area contributed by atoms with Crippen LogP contribution in [0.4, 0.5) is 0 Å². The molecule has 1 aliphatic rings. The van der Waals surface area contributed by atoms with Gasteiger partial charge in [0.1, 0.15) is 0 Å². The first-order valence-electron chi connectivity index (χ1n) is 4.63. The predicted octanol–water partition coefficient (Wildman–Crippen LogP) is 0.760. The molecule has 1 saturated heterocycles. The zero-order valence-corrected chi connectivity index (χ0v) is 7.72. The van der Waals surface area contributed by atoms with Gasteiger partial charge in [-0.25, -0.2) is 9.78 Å². The zero-order chi connectivity index (χ0) is 9.97. The van der Waals surface area contributed by atoms with Crippen LogP contribution in [0.5, 0.6) is 0 Å². The van der Waals surface area contributed by atoms with Crippen molar-refractivity contribution in [3.63, 3.8) is 0 Å². The maximum absolute atomic E-state index is 10.7. The molecule has 0 aromatic carbocycles. The Morgan fingerprint density at radius 1 is 1.79 bits per heavy atom. The van der Waals surface area contributed by atoms with E-state index in [1.54, 1.807) is 10.8 Å². The summed E-state index contributed by atoms with van der Waals surface area (Å²) < 4.78 is 7.04. The monoisotopic (exact) mass is 196 g/mol. The smallest absolute Gasteiger partial charge is 0.372 e. The van der Waals surface area contributed by atoms with Crippen molar-refractivity contribution >= 4 is 5.97 Å². The fraction of sp³-hybridized carbons (Fsp3) is 0.556. The van der Waals surface area contributed by atoms with E-state index in [4.69, 9.17) is 9.84 Å². The van der Waals surface area contributed by atoms with Crippen LogP contribution >= 0.6 is 0 Å². The molecule has 1 unspecified atom stereocenters. The summed E-state index contributed by atoms with van der Waals surface area (Å²) in [4.78, 5) is 14.5. The molecule has 1 atom stereocenters. The van der Waals surface area contributed by atoms with Gasteiger partial charge in [-0.1, -0.05) is 0 Å². The van der Waals surface area contributed by atoms with Gasteiger partial charge in [-0.2, -0.15) is 0 Å². The van der Waals surface area contributed by atoms with Gasteiger partial charge in [0, 0.05) is 19.0 Å². The average Bonchev–Trinajstić information content (AvgIpc) is 2.75. The third-order valence-corrected chi connectivity index (χ3v) is 2.33. The number of hydrogen-bond donors (Lipinski definition) is 1. The quantitative estimate of drug-likeness (QED) is 0.775. The van der Waals surface area contributed by atoms with Crippen LogP contribution < -0.4 is 0 Å². The van der Waals surface area contributed by atoms with Crippen LogP contribution in [0.25, 0.3) is 0 Å². The molecule has 1 aromatic rings. The largest absolute Gasteiger partial charge is 0.475 e. The number of carboxylic acids is 1. The van der Waals surface area contributed by atoms with Crippen LogP contribution in [0.15, 0.2) is 12.4 Å².